The minimum atomic E-state index is 0.562. The molecule has 2 atom stereocenters. The molecule has 2 aromatic rings. The normalized spacial score (nSPS) is 29.7. The van der Waals surface area contributed by atoms with Crippen molar-refractivity contribution in [2.24, 2.45) is 5.92 Å². The van der Waals surface area contributed by atoms with Crippen molar-refractivity contribution in [1.29, 1.82) is 0 Å². The average molecular weight is 312 g/mol. The van der Waals surface area contributed by atoms with Crippen molar-refractivity contribution >= 4 is 11.0 Å². The molecule has 1 saturated carbocycles. The van der Waals surface area contributed by atoms with Gasteiger partial charge < -0.3 is 9.15 Å². The van der Waals surface area contributed by atoms with Gasteiger partial charge in [0, 0.05) is 37.1 Å². The maximum absolute atomic E-state index is 5.99. The molecule has 4 nitrogen and oxygen atoms in total. The minimum Gasteiger partial charge on any atom is -0.460 e. The summed E-state index contributed by atoms with van der Waals surface area (Å²) in [6.45, 7) is 6.16. The fraction of sp³-hybridized carbons (Fsp3) is 0.579. The molecule has 3 aliphatic rings. The second-order valence-corrected chi connectivity index (χ2v) is 7.32. The average Bonchev–Trinajstić information content (AvgIpc) is 3.34. The molecule has 2 saturated heterocycles. The summed E-state index contributed by atoms with van der Waals surface area (Å²) in [5.41, 5.74) is 0.996. The van der Waals surface area contributed by atoms with E-state index in [2.05, 4.69) is 28.0 Å². The summed E-state index contributed by atoms with van der Waals surface area (Å²) in [7, 11) is 0. The highest BCUT2D eigenvalue weighted by Gasteiger charge is 2.42. The molecule has 0 unspecified atom stereocenters. The number of nitrogens with zero attached hydrogens (tertiary/aromatic N) is 2. The van der Waals surface area contributed by atoms with Crippen LogP contribution in [0.1, 0.15) is 18.6 Å². The van der Waals surface area contributed by atoms with Crippen LogP contribution in [0.5, 0.6) is 0 Å². The van der Waals surface area contributed by atoms with E-state index in [0.29, 0.717) is 12.1 Å². The van der Waals surface area contributed by atoms with Crippen LogP contribution in [-0.2, 0) is 11.3 Å². The molecule has 3 heterocycles. The topological polar surface area (TPSA) is 28.9 Å². The van der Waals surface area contributed by atoms with Gasteiger partial charge in [-0.25, -0.2) is 0 Å². The van der Waals surface area contributed by atoms with Gasteiger partial charge >= 0.3 is 0 Å². The molecular weight excluding hydrogens is 288 g/mol. The Balaban J connectivity index is 1.28. The lowest BCUT2D eigenvalue weighted by Gasteiger charge is -2.48. The van der Waals surface area contributed by atoms with Crippen molar-refractivity contribution in [3.05, 3.63) is 36.1 Å². The van der Waals surface area contributed by atoms with Crippen LogP contribution in [0.15, 0.2) is 34.7 Å². The van der Waals surface area contributed by atoms with Crippen molar-refractivity contribution in [2.45, 2.75) is 31.5 Å². The molecule has 0 amide bonds. The first-order chi connectivity index (χ1) is 11.4. The molecule has 0 spiro atoms. The Kier molecular flexibility index (Phi) is 3.43. The number of fused-ring (bicyclic) bond motifs is 2. The molecule has 4 heteroatoms. The summed E-state index contributed by atoms with van der Waals surface area (Å²) >= 11 is 0. The van der Waals surface area contributed by atoms with Gasteiger partial charge in [0.25, 0.3) is 0 Å². The zero-order valence-corrected chi connectivity index (χ0v) is 13.5. The highest BCUT2D eigenvalue weighted by atomic mass is 16.5. The first-order valence-corrected chi connectivity index (χ1v) is 8.90. The third kappa shape index (κ3) is 2.69. The van der Waals surface area contributed by atoms with Gasteiger partial charge in [-0.05, 0) is 30.9 Å². The molecule has 0 radical (unpaired) electrons. The minimum absolute atomic E-state index is 0.562. The lowest BCUT2D eigenvalue weighted by molar-refractivity contribution is -0.0886. The van der Waals surface area contributed by atoms with Crippen molar-refractivity contribution in [3.63, 3.8) is 0 Å². The van der Waals surface area contributed by atoms with Gasteiger partial charge in [-0.3, -0.25) is 9.80 Å². The van der Waals surface area contributed by atoms with Crippen LogP contribution in [-0.4, -0.2) is 54.7 Å². The number of para-hydroxylation sites is 1. The zero-order valence-electron chi connectivity index (χ0n) is 13.5. The fourth-order valence-electron chi connectivity index (χ4n) is 4.31. The molecule has 1 aliphatic carbocycles. The SMILES string of the molecule is c1ccc2oc(CN3CCN4[C@@H](COC[C@@H]4C4CC4)C3)cc2c1. The van der Waals surface area contributed by atoms with Crippen LogP contribution >= 0.6 is 0 Å². The number of furan rings is 1. The molecule has 5 rings (SSSR count). The third-order valence-electron chi connectivity index (χ3n) is 5.66. The van der Waals surface area contributed by atoms with Gasteiger partial charge in [0.1, 0.15) is 11.3 Å². The molecule has 2 aliphatic heterocycles. The summed E-state index contributed by atoms with van der Waals surface area (Å²) < 4.78 is 11.9. The van der Waals surface area contributed by atoms with E-state index in [-0.39, 0.29) is 0 Å². The lowest BCUT2D eigenvalue weighted by Crippen LogP contribution is -2.62. The van der Waals surface area contributed by atoms with E-state index in [1.54, 1.807) is 0 Å². The van der Waals surface area contributed by atoms with Gasteiger partial charge in [-0.1, -0.05) is 18.2 Å². The van der Waals surface area contributed by atoms with Crippen LogP contribution in [0.4, 0.5) is 0 Å². The summed E-state index contributed by atoms with van der Waals surface area (Å²) in [5.74, 6) is 1.98. The maximum atomic E-state index is 5.99. The molecule has 1 aromatic heterocycles. The maximum Gasteiger partial charge on any atom is 0.134 e. The number of ether oxygens (including phenoxy) is 1. The Bertz CT molecular complexity index is 660. The number of piperazine rings is 1. The molecule has 0 bridgehead atoms. The van der Waals surface area contributed by atoms with Gasteiger partial charge in [0.15, 0.2) is 0 Å². The Labute approximate surface area is 137 Å². The summed E-state index contributed by atoms with van der Waals surface area (Å²) in [5, 5.41) is 1.20. The van der Waals surface area contributed by atoms with Gasteiger partial charge in [-0.2, -0.15) is 0 Å². The third-order valence-corrected chi connectivity index (χ3v) is 5.66. The molecule has 1 aromatic carbocycles. The van der Waals surface area contributed by atoms with Crippen molar-refractivity contribution < 1.29 is 9.15 Å². The number of rotatable bonds is 3. The standard InChI is InChI=1S/C19H24N2O2/c1-2-4-19-15(3-1)9-17(23-19)11-20-7-8-21-16(10-20)12-22-13-18(21)14-5-6-14/h1-4,9,14,16,18H,5-8,10-13H2/t16-,18-/m1/s1. The smallest absolute Gasteiger partial charge is 0.134 e. The number of morpholine rings is 1. The lowest BCUT2D eigenvalue weighted by atomic mass is 10.0. The quantitative estimate of drug-likeness (QED) is 0.871. The van der Waals surface area contributed by atoms with Crippen LogP contribution in [0.25, 0.3) is 11.0 Å². The fourth-order valence-corrected chi connectivity index (χ4v) is 4.31. The van der Waals surface area contributed by atoms with Crippen molar-refractivity contribution in [3.8, 4) is 0 Å². The Morgan fingerprint density at radius 2 is 2.00 bits per heavy atom. The zero-order chi connectivity index (χ0) is 15.2. The number of hydrogen-bond donors (Lipinski definition) is 0. The summed E-state index contributed by atoms with van der Waals surface area (Å²) in [4.78, 5) is 5.26. The first-order valence-electron chi connectivity index (χ1n) is 8.90. The van der Waals surface area contributed by atoms with E-state index in [0.717, 1.165) is 50.1 Å². The second kappa shape index (κ2) is 5.62. The van der Waals surface area contributed by atoms with E-state index >= 15 is 0 Å². The van der Waals surface area contributed by atoms with Gasteiger partial charge in [0.2, 0.25) is 0 Å². The molecule has 3 fully saturated rings. The Morgan fingerprint density at radius 3 is 2.87 bits per heavy atom. The van der Waals surface area contributed by atoms with Crippen LogP contribution < -0.4 is 0 Å². The van der Waals surface area contributed by atoms with E-state index in [9.17, 15) is 0 Å². The van der Waals surface area contributed by atoms with E-state index in [1.807, 2.05) is 12.1 Å². The van der Waals surface area contributed by atoms with E-state index < -0.39 is 0 Å². The largest absolute Gasteiger partial charge is 0.460 e. The molecular formula is C19H24N2O2. The Morgan fingerprint density at radius 1 is 1.09 bits per heavy atom. The van der Waals surface area contributed by atoms with E-state index in [4.69, 9.17) is 9.15 Å². The van der Waals surface area contributed by atoms with Crippen LogP contribution in [0.3, 0.4) is 0 Å². The van der Waals surface area contributed by atoms with Crippen molar-refractivity contribution in [2.75, 3.05) is 32.8 Å². The Hall–Kier alpha value is -1.36. The number of hydrogen-bond acceptors (Lipinski definition) is 4. The summed E-state index contributed by atoms with van der Waals surface area (Å²) in [6, 6.07) is 11.7. The van der Waals surface area contributed by atoms with Crippen LogP contribution in [0.2, 0.25) is 0 Å². The predicted octanol–water partition coefficient (Wildman–Crippen LogP) is 2.73. The van der Waals surface area contributed by atoms with E-state index in [1.165, 1.54) is 24.8 Å². The first kappa shape index (κ1) is 14.0. The molecule has 23 heavy (non-hydrogen) atoms. The van der Waals surface area contributed by atoms with Crippen LogP contribution in [0, 0.1) is 5.92 Å². The van der Waals surface area contributed by atoms with Gasteiger partial charge in [0.05, 0.1) is 19.8 Å². The van der Waals surface area contributed by atoms with Gasteiger partial charge in [-0.15, -0.1) is 0 Å². The molecule has 122 valence electrons. The highest BCUT2D eigenvalue weighted by Crippen LogP contribution is 2.38. The molecule has 0 N–H and O–H groups in total. The predicted molar refractivity (Wildman–Crippen MR) is 89.3 cm³/mol. The second-order valence-electron chi connectivity index (χ2n) is 7.32. The highest BCUT2D eigenvalue weighted by molar-refractivity contribution is 5.77. The number of benzene rings is 1. The van der Waals surface area contributed by atoms with Crippen molar-refractivity contribution in [1.82, 2.24) is 9.80 Å². The monoisotopic (exact) mass is 312 g/mol. The summed E-state index contributed by atoms with van der Waals surface area (Å²) in [6.07, 6.45) is 2.81.